The first-order valence-corrected chi connectivity index (χ1v) is 5.58. The minimum atomic E-state index is -0.300. The Morgan fingerprint density at radius 2 is 2.38 bits per heavy atom. The lowest BCUT2D eigenvalue weighted by atomic mass is 10.1. The molecule has 2 heterocycles. The lowest BCUT2D eigenvalue weighted by Gasteiger charge is -2.09. The van der Waals surface area contributed by atoms with Crippen LogP contribution in [0.4, 0.5) is 0 Å². The summed E-state index contributed by atoms with van der Waals surface area (Å²) in [5.74, 6) is -0.300. The van der Waals surface area contributed by atoms with Crippen molar-refractivity contribution in [2.24, 2.45) is 7.05 Å². The highest BCUT2D eigenvalue weighted by Crippen LogP contribution is 2.25. The molecule has 0 radical (unpaired) electrons. The molecule has 0 amide bonds. The molecule has 3 rings (SSSR count). The quantitative estimate of drug-likeness (QED) is 0.790. The molecule has 0 aliphatic carbocycles. The summed E-state index contributed by atoms with van der Waals surface area (Å²) in [5.41, 5.74) is 2.74. The SMILES string of the molecule is Cn1c(=O)oc2cc(C3CCCN3)ccc21. The highest BCUT2D eigenvalue weighted by atomic mass is 16.4. The van der Waals surface area contributed by atoms with Crippen LogP contribution in [-0.4, -0.2) is 11.1 Å². The summed E-state index contributed by atoms with van der Waals surface area (Å²) in [6, 6.07) is 6.41. The maximum absolute atomic E-state index is 11.4. The fraction of sp³-hybridized carbons (Fsp3) is 0.417. The summed E-state index contributed by atoms with van der Waals surface area (Å²) < 4.78 is 6.71. The van der Waals surface area contributed by atoms with Crippen molar-refractivity contribution >= 4 is 11.1 Å². The first kappa shape index (κ1) is 9.66. The molecule has 0 spiro atoms. The van der Waals surface area contributed by atoms with Gasteiger partial charge in [0.2, 0.25) is 0 Å². The van der Waals surface area contributed by atoms with Crippen molar-refractivity contribution in [3.05, 3.63) is 34.3 Å². The largest absolute Gasteiger partial charge is 0.419 e. The maximum Gasteiger partial charge on any atom is 0.419 e. The molecule has 1 unspecified atom stereocenters. The van der Waals surface area contributed by atoms with Gasteiger partial charge in [-0.25, -0.2) is 4.79 Å². The van der Waals surface area contributed by atoms with Gasteiger partial charge in [-0.3, -0.25) is 4.57 Å². The van der Waals surface area contributed by atoms with Gasteiger partial charge in [0.1, 0.15) is 0 Å². The fourth-order valence-electron chi connectivity index (χ4n) is 2.34. The number of rotatable bonds is 1. The van der Waals surface area contributed by atoms with E-state index in [9.17, 15) is 4.79 Å². The first-order chi connectivity index (χ1) is 7.75. The van der Waals surface area contributed by atoms with Gasteiger partial charge in [-0.05, 0) is 37.1 Å². The second kappa shape index (κ2) is 3.49. The lowest BCUT2D eigenvalue weighted by molar-refractivity contribution is 0.527. The van der Waals surface area contributed by atoms with Gasteiger partial charge in [-0.2, -0.15) is 0 Å². The Kier molecular flexibility index (Phi) is 2.11. The number of oxazole rings is 1. The second-order valence-electron chi connectivity index (χ2n) is 4.30. The van der Waals surface area contributed by atoms with Crippen molar-refractivity contribution < 1.29 is 4.42 Å². The van der Waals surface area contributed by atoms with Crippen LogP contribution in [0.2, 0.25) is 0 Å². The Morgan fingerprint density at radius 1 is 1.50 bits per heavy atom. The summed E-state index contributed by atoms with van der Waals surface area (Å²) in [7, 11) is 1.72. The average molecular weight is 218 g/mol. The van der Waals surface area contributed by atoms with Crippen LogP contribution in [0.1, 0.15) is 24.4 Å². The molecule has 1 fully saturated rings. The third-order valence-electron chi connectivity index (χ3n) is 3.28. The van der Waals surface area contributed by atoms with Crippen molar-refractivity contribution in [1.29, 1.82) is 0 Å². The van der Waals surface area contributed by atoms with E-state index >= 15 is 0 Å². The molecule has 0 saturated carbocycles. The van der Waals surface area contributed by atoms with Crippen LogP contribution in [0.25, 0.3) is 11.1 Å². The van der Waals surface area contributed by atoms with E-state index in [0.29, 0.717) is 11.6 Å². The van der Waals surface area contributed by atoms with Gasteiger partial charge in [0.05, 0.1) is 5.52 Å². The van der Waals surface area contributed by atoms with Gasteiger partial charge < -0.3 is 9.73 Å². The summed E-state index contributed by atoms with van der Waals surface area (Å²) in [6.45, 7) is 1.07. The number of hydrogen-bond donors (Lipinski definition) is 1. The van der Waals surface area contributed by atoms with E-state index in [-0.39, 0.29) is 5.76 Å². The van der Waals surface area contributed by atoms with Crippen molar-refractivity contribution in [2.75, 3.05) is 6.54 Å². The molecular weight excluding hydrogens is 204 g/mol. The zero-order chi connectivity index (χ0) is 11.1. The third kappa shape index (κ3) is 1.38. The smallest absolute Gasteiger partial charge is 0.408 e. The van der Waals surface area contributed by atoms with Crippen LogP contribution in [0.5, 0.6) is 0 Å². The maximum atomic E-state index is 11.4. The van der Waals surface area contributed by atoms with E-state index in [4.69, 9.17) is 4.42 Å². The van der Waals surface area contributed by atoms with Crippen molar-refractivity contribution in [2.45, 2.75) is 18.9 Å². The van der Waals surface area contributed by atoms with Gasteiger partial charge in [0, 0.05) is 13.1 Å². The Labute approximate surface area is 92.9 Å². The van der Waals surface area contributed by atoms with Crippen LogP contribution in [0.3, 0.4) is 0 Å². The second-order valence-corrected chi connectivity index (χ2v) is 4.30. The van der Waals surface area contributed by atoms with Crippen LogP contribution >= 0.6 is 0 Å². The monoisotopic (exact) mass is 218 g/mol. The summed E-state index contributed by atoms with van der Waals surface area (Å²) in [4.78, 5) is 11.4. The van der Waals surface area contributed by atoms with E-state index in [1.807, 2.05) is 12.1 Å². The Morgan fingerprint density at radius 3 is 3.12 bits per heavy atom. The predicted molar refractivity (Wildman–Crippen MR) is 61.4 cm³/mol. The van der Waals surface area contributed by atoms with E-state index < -0.39 is 0 Å². The van der Waals surface area contributed by atoms with E-state index in [2.05, 4.69) is 11.4 Å². The molecule has 1 atom stereocenters. The fourth-order valence-corrected chi connectivity index (χ4v) is 2.34. The zero-order valence-electron chi connectivity index (χ0n) is 9.19. The standard InChI is InChI=1S/C12H14N2O2/c1-14-10-5-4-8(9-3-2-6-13-9)7-11(10)16-12(14)15/h4-5,7,9,13H,2-3,6H2,1H3. The molecule has 1 N–H and O–H groups in total. The van der Waals surface area contributed by atoms with E-state index in [1.54, 1.807) is 7.05 Å². The molecule has 16 heavy (non-hydrogen) atoms. The first-order valence-electron chi connectivity index (χ1n) is 5.58. The highest BCUT2D eigenvalue weighted by Gasteiger charge is 2.17. The highest BCUT2D eigenvalue weighted by molar-refractivity contribution is 5.73. The molecule has 1 aromatic heterocycles. The van der Waals surface area contributed by atoms with Gasteiger partial charge in [-0.15, -0.1) is 0 Å². The third-order valence-corrected chi connectivity index (χ3v) is 3.28. The summed E-state index contributed by atoms with van der Waals surface area (Å²) in [6.07, 6.45) is 2.37. The molecule has 1 aromatic carbocycles. The van der Waals surface area contributed by atoms with Crippen LogP contribution in [-0.2, 0) is 7.05 Å². The average Bonchev–Trinajstić information content (AvgIpc) is 2.88. The van der Waals surface area contributed by atoms with Gasteiger partial charge >= 0.3 is 5.76 Å². The van der Waals surface area contributed by atoms with E-state index in [1.165, 1.54) is 16.6 Å². The number of benzene rings is 1. The van der Waals surface area contributed by atoms with E-state index in [0.717, 1.165) is 18.5 Å². The topological polar surface area (TPSA) is 47.2 Å². The van der Waals surface area contributed by atoms with Crippen LogP contribution in [0, 0.1) is 0 Å². The molecule has 2 aromatic rings. The number of fused-ring (bicyclic) bond motifs is 1. The Balaban J connectivity index is 2.12. The minimum absolute atomic E-state index is 0.300. The molecule has 1 aliphatic heterocycles. The van der Waals surface area contributed by atoms with Gasteiger partial charge in [0.25, 0.3) is 0 Å². The number of aromatic nitrogens is 1. The molecule has 1 saturated heterocycles. The normalized spacial score (nSPS) is 20.7. The van der Waals surface area contributed by atoms with Gasteiger partial charge in [-0.1, -0.05) is 6.07 Å². The summed E-state index contributed by atoms with van der Waals surface area (Å²) >= 11 is 0. The molecule has 4 heteroatoms. The van der Waals surface area contributed by atoms with Crippen molar-refractivity contribution in [1.82, 2.24) is 9.88 Å². The zero-order valence-corrected chi connectivity index (χ0v) is 9.19. The number of nitrogens with one attached hydrogen (secondary N) is 1. The Hall–Kier alpha value is -1.55. The van der Waals surface area contributed by atoms with Crippen LogP contribution < -0.4 is 11.1 Å². The number of hydrogen-bond acceptors (Lipinski definition) is 3. The minimum Gasteiger partial charge on any atom is -0.408 e. The lowest BCUT2D eigenvalue weighted by Crippen LogP contribution is -2.12. The number of nitrogens with zero attached hydrogens (tertiary/aromatic N) is 1. The number of aryl methyl sites for hydroxylation is 1. The van der Waals surface area contributed by atoms with Gasteiger partial charge in [0.15, 0.2) is 5.58 Å². The Bertz CT molecular complexity index is 576. The molecular formula is C12H14N2O2. The molecule has 0 bridgehead atoms. The van der Waals surface area contributed by atoms with Crippen molar-refractivity contribution in [3.8, 4) is 0 Å². The van der Waals surface area contributed by atoms with Crippen molar-refractivity contribution in [3.63, 3.8) is 0 Å². The molecule has 1 aliphatic rings. The summed E-state index contributed by atoms with van der Waals surface area (Å²) in [5, 5.41) is 3.43. The molecule has 84 valence electrons. The molecule has 4 nitrogen and oxygen atoms in total. The predicted octanol–water partition coefficient (Wildman–Crippen LogP) is 1.56. The van der Waals surface area contributed by atoms with Crippen LogP contribution in [0.15, 0.2) is 27.4 Å².